The maximum Gasteiger partial charge on any atom is 0.264 e. The second-order valence-electron chi connectivity index (χ2n) is 9.58. The molecule has 1 N–H and O–H groups in total. The van der Waals surface area contributed by atoms with Crippen molar-refractivity contribution in [2.24, 2.45) is 4.99 Å². The molecule has 4 rings (SSSR count). The molecule has 5 nitrogen and oxygen atoms in total. The highest BCUT2D eigenvalue weighted by atomic mass is 32.2. The molecule has 6 heteroatoms. The Morgan fingerprint density at radius 1 is 1.18 bits per heavy atom. The van der Waals surface area contributed by atoms with Crippen LogP contribution in [0.25, 0.3) is 11.6 Å². The summed E-state index contributed by atoms with van der Waals surface area (Å²) < 4.78 is 5.48. The Hall–Kier alpha value is -2.99. The fraction of sp³-hybridized carbons (Fsp3) is 0.357. The lowest BCUT2D eigenvalue weighted by Gasteiger charge is -2.46. The van der Waals surface area contributed by atoms with E-state index in [-0.39, 0.29) is 11.4 Å². The van der Waals surface area contributed by atoms with Gasteiger partial charge in [-0.25, -0.2) is 4.99 Å². The Kier molecular flexibility index (Phi) is 6.63. The molecule has 2 aromatic rings. The van der Waals surface area contributed by atoms with Gasteiger partial charge in [-0.2, -0.15) is 0 Å². The lowest BCUT2D eigenvalue weighted by atomic mass is 9.86. The number of fused-ring (bicyclic) bond motifs is 1. The molecule has 0 atom stereocenters. The summed E-state index contributed by atoms with van der Waals surface area (Å²) in [5.41, 5.74) is 6.65. The van der Waals surface area contributed by atoms with Gasteiger partial charge in [-0.3, -0.25) is 4.79 Å². The lowest BCUT2D eigenvalue weighted by Crippen LogP contribution is -2.49. The van der Waals surface area contributed by atoms with Crippen molar-refractivity contribution in [1.82, 2.24) is 5.32 Å². The van der Waals surface area contributed by atoms with Crippen molar-refractivity contribution in [3.8, 4) is 5.75 Å². The van der Waals surface area contributed by atoms with E-state index in [2.05, 4.69) is 75.0 Å². The molecule has 2 aliphatic rings. The highest BCUT2D eigenvalue weighted by molar-refractivity contribution is 8.18. The topological polar surface area (TPSA) is 53.9 Å². The van der Waals surface area contributed by atoms with Crippen LogP contribution in [0.5, 0.6) is 5.75 Å². The zero-order valence-corrected chi connectivity index (χ0v) is 21.8. The predicted molar refractivity (Wildman–Crippen MR) is 145 cm³/mol. The number of anilines is 1. The molecular weight excluding hydrogens is 442 g/mol. The van der Waals surface area contributed by atoms with Crippen molar-refractivity contribution >= 4 is 45.9 Å². The largest absolute Gasteiger partial charge is 0.494 e. The minimum Gasteiger partial charge on any atom is -0.494 e. The highest BCUT2D eigenvalue weighted by Gasteiger charge is 2.33. The molecule has 34 heavy (non-hydrogen) atoms. The SMILES string of the molecule is CCOc1ccc(N=C2NC(=O)/C(=C/c3cc4c(cc3C)N(C(C)C)C(C)(C)C=C4C)S2)cc1. The molecule has 0 aliphatic carbocycles. The summed E-state index contributed by atoms with van der Waals surface area (Å²) in [6.07, 6.45) is 4.31. The van der Waals surface area contributed by atoms with Crippen LogP contribution in [0, 0.1) is 6.92 Å². The molecule has 0 unspecified atom stereocenters. The van der Waals surface area contributed by atoms with Crippen LogP contribution in [0.15, 0.2) is 52.4 Å². The second-order valence-corrected chi connectivity index (χ2v) is 10.6. The van der Waals surface area contributed by atoms with Gasteiger partial charge in [-0.1, -0.05) is 6.08 Å². The number of nitrogens with one attached hydrogen (secondary N) is 1. The van der Waals surface area contributed by atoms with Gasteiger partial charge >= 0.3 is 0 Å². The van der Waals surface area contributed by atoms with Gasteiger partial charge in [0.15, 0.2) is 5.17 Å². The van der Waals surface area contributed by atoms with Gasteiger partial charge in [0, 0.05) is 17.3 Å². The quantitative estimate of drug-likeness (QED) is 0.489. The number of hydrogen-bond donors (Lipinski definition) is 1. The number of rotatable bonds is 5. The van der Waals surface area contributed by atoms with E-state index in [1.807, 2.05) is 37.3 Å². The molecule has 0 spiro atoms. The van der Waals surface area contributed by atoms with Gasteiger partial charge in [0.2, 0.25) is 0 Å². The number of thioether (sulfide) groups is 1. The molecule has 178 valence electrons. The van der Waals surface area contributed by atoms with Gasteiger partial charge < -0.3 is 15.0 Å². The molecule has 2 aliphatic heterocycles. The normalized spacial score (nSPS) is 19.5. The van der Waals surface area contributed by atoms with Crippen molar-refractivity contribution in [3.63, 3.8) is 0 Å². The molecule has 0 radical (unpaired) electrons. The first-order valence-electron chi connectivity index (χ1n) is 11.8. The van der Waals surface area contributed by atoms with E-state index in [0.29, 0.717) is 22.7 Å². The molecule has 2 aromatic carbocycles. The van der Waals surface area contributed by atoms with Gasteiger partial charge in [-0.05, 0) is 119 Å². The van der Waals surface area contributed by atoms with Crippen molar-refractivity contribution in [2.75, 3.05) is 11.5 Å². The Morgan fingerprint density at radius 3 is 2.53 bits per heavy atom. The number of ether oxygens (including phenoxy) is 1. The van der Waals surface area contributed by atoms with Crippen LogP contribution in [0.2, 0.25) is 0 Å². The first-order valence-corrected chi connectivity index (χ1v) is 12.6. The molecule has 2 heterocycles. The van der Waals surface area contributed by atoms with Crippen LogP contribution < -0.4 is 15.0 Å². The molecular formula is C28H33N3O2S. The smallest absolute Gasteiger partial charge is 0.264 e. The Morgan fingerprint density at radius 2 is 1.88 bits per heavy atom. The number of aliphatic imine (C=N–C) groups is 1. The van der Waals surface area contributed by atoms with Crippen LogP contribution in [0.3, 0.4) is 0 Å². The van der Waals surface area contributed by atoms with E-state index < -0.39 is 0 Å². The molecule has 1 fully saturated rings. The number of nitrogens with zero attached hydrogens (tertiary/aromatic N) is 2. The number of amides is 1. The van der Waals surface area contributed by atoms with Gasteiger partial charge in [0.05, 0.1) is 22.7 Å². The number of amidine groups is 1. The minimum absolute atomic E-state index is 0.0505. The fourth-order valence-corrected chi connectivity index (χ4v) is 5.67. The maximum atomic E-state index is 12.7. The summed E-state index contributed by atoms with van der Waals surface area (Å²) >= 11 is 1.37. The predicted octanol–water partition coefficient (Wildman–Crippen LogP) is 6.70. The van der Waals surface area contributed by atoms with E-state index >= 15 is 0 Å². The van der Waals surface area contributed by atoms with E-state index in [0.717, 1.165) is 22.6 Å². The second kappa shape index (κ2) is 9.34. The summed E-state index contributed by atoms with van der Waals surface area (Å²) in [5.74, 6) is 0.686. The third kappa shape index (κ3) is 4.78. The third-order valence-corrected chi connectivity index (χ3v) is 7.00. The average Bonchev–Trinajstić information content (AvgIpc) is 3.08. The number of hydrogen-bond acceptors (Lipinski definition) is 5. The summed E-state index contributed by atoms with van der Waals surface area (Å²) in [7, 11) is 0. The van der Waals surface area contributed by atoms with Crippen molar-refractivity contribution in [3.05, 3.63) is 64.1 Å². The van der Waals surface area contributed by atoms with Crippen LogP contribution in [0.1, 0.15) is 58.2 Å². The molecule has 1 amide bonds. The Labute approximate surface area is 207 Å². The summed E-state index contributed by atoms with van der Waals surface area (Å²) in [4.78, 5) is 20.4. The number of allylic oxidation sites excluding steroid dienone is 1. The Balaban J connectivity index is 1.63. The zero-order valence-electron chi connectivity index (χ0n) is 21.0. The lowest BCUT2D eigenvalue weighted by molar-refractivity contribution is -0.115. The van der Waals surface area contributed by atoms with E-state index in [4.69, 9.17) is 4.74 Å². The number of benzene rings is 2. The van der Waals surface area contributed by atoms with Crippen LogP contribution in [0.4, 0.5) is 11.4 Å². The summed E-state index contributed by atoms with van der Waals surface area (Å²) in [6.45, 7) is 15.8. The average molecular weight is 476 g/mol. The van der Waals surface area contributed by atoms with Gasteiger partial charge in [0.25, 0.3) is 5.91 Å². The van der Waals surface area contributed by atoms with E-state index in [1.54, 1.807) is 0 Å². The van der Waals surface area contributed by atoms with Crippen LogP contribution in [-0.2, 0) is 4.79 Å². The molecule has 0 aromatic heterocycles. The number of carbonyl (C=O) groups is 1. The van der Waals surface area contributed by atoms with Gasteiger partial charge in [-0.15, -0.1) is 0 Å². The molecule has 1 saturated heterocycles. The number of aryl methyl sites for hydroxylation is 1. The van der Waals surface area contributed by atoms with Crippen molar-refractivity contribution < 1.29 is 9.53 Å². The van der Waals surface area contributed by atoms with E-state index in [9.17, 15) is 4.79 Å². The minimum atomic E-state index is -0.121. The zero-order chi connectivity index (χ0) is 24.6. The standard InChI is InChI=1S/C28H33N3O2S/c1-8-33-22-11-9-21(10-12-22)29-27-30-26(32)25(34-27)15-20-14-23-19(5)16-28(6,7)31(17(2)3)24(23)13-18(20)4/h9-17H,8H2,1-7H3,(H,29,30,32)/b25-15-. The third-order valence-electron chi connectivity index (χ3n) is 6.09. The Bertz CT molecular complexity index is 1210. The first kappa shape index (κ1) is 24.1. The summed E-state index contributed by atoms with van der Waals surface area (Å²) in [6, 6.07) is 12.4. The number of carbonyl (C=O) groups excluding carboxylic acids is 1. The van der Waals surface area contributed by atoms with Gasteiger partial charge in [0.1, 0.15) is 5.75 Å². The van der Waals surface area contributed by atoms with Crippen molar-refractivity contribution in [1.29, 1.82) is 0 Å². The van der Waals surface area contributed by atoms with E-state index in [1.165, 1.54) is 28.6 Å². The fourth-order valence-electron chi connectivity index (χ4n) is 4.83. The highest BCUT2D eigenvalue weighted by Crippen LogP contribution is 2.42. The molecule has 0 saturated carbocycles. The van der Waals surface area contributed by atoms with Crippen LogP contribution >= 0.6 is 11.8 Å². The van der Waals surface area contributed by atoms with Crippen LogP contribution in [-0.4, -0.2) is 29.3 Å². The maximum absolute atomic E-state index is 12.7. The first-order chi connectivity index (χ1) is 16.1. The van der Waals surface area contributed by atoms with Crippen molar-refractivity contribution in [2.45, 2.75) is 60.0 Å². The summed E-state index contributed by atoms with van der Waals surface area (Å²) in [5, 5.41) is 3.47. The molecule has 0 bridgehead atoms. The monoisotopic (exact) mass is 475 g/mol.